The normalized spacial score (nSPS) is 12.0. The number of nitrogens with zero attached hydrogens (tertiary/aromatic N) is 3. The molecule has 1 heterocycles. The molecule has 0 unspecified atom stereocenters. The molecule has 0 amide bonds. The first-order chi connectivity index (χ1) is 7.29. The molecule has 0 radical (unpaired) electrons. The van der Waals surface area contributed by atoms with Gasteiger partial charge in [-0.2, -0.15) is 0 Å². The van der Waals surface area contributed by atoms with Crippen LogP contribution in [0.15, 0.2) is 35.6 Å². The molecule has 0 fully saturated rings. The average Bonchev–Trinajstić information content (AvgIpc) is 2.65. The molecule has 0 saturated heterocycles. The summed E-state index contributed by atoms with van der Waals surface area (Å²) in [6.07, 6.45) is 0.515. The van der Waals surface area contributed by atoms with Crippen LogP contribution in [0.25, 0.3) is 10.4 Å². The van der Waals surface area contributed by atoms with Gasteiger partial charge in [0.05, 0.1) is 0 Å². The molecule has 0 bridgehead atoms. The molecule has 1 aromatic carbocycles. The Balaban J connectivity index is 2.16. The topological polar surface area (TPSA) is 67.2 Å². The van der Waals surface area contributed by atoms with Gasteiger partial charge < -0.3 is 9.47 Å². The molecular formula is C10H9N3O2. The van der Waals surface area contributed by atoms with E-state index in [1.807, 2.05) is 18.2 Å². The Morgan fingerprint density at radius 1 is 1.47 bits per heavy atom. The van der Waals surface area contributed by atoms with Crippen LogP contribution in [0.4, 0.5) is 0 Å². The van der Waals surface area contributed by atoms with Crippen molar-refractivity contribution in [2.45, 2.75) is 6.42 Å². The van der Waals surface area contributed by atoms with E-state index in [0.717, 1.165) is 17.1 Å². The second kappa shape index (κ2) is 3.94. The summed E-state index contributed by atoms with van der Waals surface area (Å²) in [7, 11) is 0. The second-order valence-electron chi connectivity index (χ2n) is 3.12. The van der Waals surface area contributed by atoms with E-state index in [9.17, 15) is 0 Å². The van der Waals surface area contributed by atoms with Gasteiger partial charge in [0.1, 0.15) is 0 Å². The van der Waals surface area contributed by atoms with Crippen molar-refractivity contribution >= 4 is 0 Å². The van der Waals surface area contributed by atoms with E-state index in [1.54, 1.807) is 0 Å². The first-order valence-electron chi connectivity index (χ1n) is 4.41. The van der Waals surface area contributed by atoms with Gasteiger partial charge in [0, 0.05) is 10.6 Å². The molecule has 2 rings (SSSR count). The number of hydrogen-bond acceptors (Lipinski definition) is 3. The quantitative estimate of drug-likeness (QED) is 0.430. The highest BCUT2D eigenvalue weighted by molar-refractivity contribution is 5.45. The summed E-state index contributed by atoms with van der Waals surface area (Å²) in [6.45, 7) is 3.90. The highest BCUT2D eigenvalue weighted by atomic mass is 16.7. The van der Waals surface area contributed by atoms with Gasteiger partial charge in [-0.1, -0.05) is 17.8 Å². The lowest BCUT2D eigenvalue weighted by atomic mass is 10.1. The van der Waals surface area contributed by atoms with Gasteiger partial charge in [-0.05, 0) is 29.6 Å². The van der Waals surface area contributed by atoms with Crippen LogP contribution < -0.4 is 9.47 Å². The maximum atomic E-state index is 8.22. The summed E-state index contributed by atoms with van der Waals surface area (Å²) in [4.78, 5) is 2.67. The summed E-state index contributed by atoms with van der Waals surface area (Å²) in [5.41, 5.74) is 9.69. The third-order valence-electron chi connectivity index (χ3n) is 2.03. The smallest absolute Gasteiger partial charge is 0.231 e. The SMILES string of the molecule is C=C(Cc1ccc2c(c1)OCO2)N=[N+]=[N-]. The molecule has 1 aromatic rings. The van der Waals surface area contributed by atoms with Crippen LogP contribution in [-0.4, -0.2) is 6.79 Å². The predicted octanol–water partition coefficient (Wildman–Crippen LogP) is 2.78. The van der Waals surface area contributed by atoms with E-state index in [4.69, 9.17) is 15.0 Å². The maximum absolute atomic E-state index is 8.22. The van der Waals surface area contributed by atoms with Crippen molar-refractivity contribution in [3.05, 3.63) is 46.5 Å². The summed E-state index contributed by atoms with van der Waals surface area (Å²) < 4.78 is 10.4. The van der Waals surface area contributed by atoms with Crippen LogP contribution in [-0.2, 0) is 6.42 Å². The van der Waals surface area contributed by atoms with Gasteiger partial charge >= 0.3 is 0 Å². The molecule has 1 aliphatic rings. The number of rotatable bonds is 3. The van der Waals surface area contributed by atoms with Crippen LogP contribution in [0.5, 0.6) is 11.5 Å². The van der Waals surface area contributed by atoms with Gasteiger partial charge in [0.2, 0.25) is 6.79 Å². The molecule has 0 aliphatic carbocycles. The first kappa shape index (κ1) is 9.43. The Morgan fingerprint density at radius 2 is 2.27 bits per heavy atom. The van der Waals surface area contributed by atoms with Gasteiger partial charge in [-0.15, -0.1) is 0 Å². The van der Waals surface area contributed by atoms with Crippen molar-refractivity contribution in [1.82, 2.24) is 0 Å². The van der Waals surface area contributed by atoms with Gasteiger partial charge in [0.25, 0.3) is 0 Å². The first-order valence-corrected chi connectivity index (χ1v) is 4.41. The Hall–Kier alpha value is -2.13. The fourth-order valence-corrected chi connectivity index (χ4v) is 1.39. The van der Waals surface area contributed by atoms with Crippen molar-refractivity contribution < 1.29 is 9.47 Å². The number of hydrogen-bond donors (Lipinski definition) is 0. The zero-order valence-electron chi connectivity index (χ0n) is 8.01. The van der Waals surface area contributed by atoms with Crippen LogP contribution in [0.2, 0.25) is 0 Å². The third-order valence-corrected chi connectivity index (χ3v) is 2.03. The fourth-order valence-electron chi connectivity index (χ4n) is 1.39. The lowest BCUT2D eigenvalue weighted by Crippen LogP contribution is -1.93. The number of azide groups is 1. The number of fused-ring (bicyclic) bond motifs is 1. The Morgan fingerprint density at radius 3 is 3.07 bits per heavy atom. The number of ether oxygens (including phenoxy) is 2. The van der Waals surface area contributed by atoms with Crippen LogP contribution in [0, 0.1) is 0 Å². The Bertz CT molecular complexity index is 450. The highest BCUT2D eigenvalue weighted by Crippen LogP contribution is 2.32. The molecule has 0 saturated carbocycles. The van der Waals surface area contributed by atoms with Crippen molar-refractivity contribution in [2.24, 2.45) is 5.11 Å². The minimum atomic E-state index is 0.260. The molecule has 1 aliphatic heterocycles. The molecule has 5 nitrogen and oxygen atoms in total. The molecule has 15 heavy (non-hydrogen) atoms. The fraction of sp³-hybridized carbons (Fsp3) is 0.200. The lowest BCUT2D eigenvalue weighted by Gasteiger charge is -2.01. The largest absolute Gasteiger partial charge is 0.454 e. The zero-order chi connectivity index (χ0) is 10.7. The van der Waals surface area contributed by atoms with Crippen molar-refractivity contribution in [2.75, 3.05) is 6.79 Å². The Labute approximate surface area is 86.6 Å². The predicted molar refractivity (Wildman–Crippen MR) is 54.6 cm³/mol. The molecule has 0 spiro atoms. The van der Waals surface area contributed by atoms with Crippen molar-refractivity contribution in [1.29, 1.82) is 0 Å². The van der Waals surface area contributed by atoms with E-state index in [0.29, 0.717) is 12.1 Å². The Kier molecular flexibility index (Phi) is 2.48. The molecular weight excluding hydrogens is 194 g/mol. The summed E-state index contributed by atoms with van der Waals surface area (Å²) >= 11 is 0. The van der Waals surface area contributed by atoms with Gasteiger partial charge in [-0.3, -0.25) is 0 Å². The van der Waals surface area contributed by atoms with Crippen LogP contribution in [0.1, 0.15) is 5.56 Å². The molecule has 0 atom stereocenters. The van der Waals surface area contributed by atoms with E-state index in [-0.39, 0.29) is 6.79 Å². The van der Waals surface area contributed by atoms with Gasteiger partial charge in [-0.25, -0.2) is 0 Å². The third kappa shape index (κ3) is 2.03. The summed E-state index contributed by atoms with van der Waals surface area (Å²) in [5.74, 6) is 1.47. The minimum absolute atomic E-state index is 0.260. The summed E-state index contributed by atoms with van der Waals surface area (Å²) in [6, 6.07) is 5.59. The maximum Gasteiger partial charge on any atom is 0.231 e. The van der Waals surface area contributed by atoms with E-state index < -0.39 is 0 Å². The highest BCUT2D eigenvalue weighted by Gasteiger charge is 2.12. The van der Waals surface area contributed by atoms with E-state index in [2.05, 4.69) is 16.6 Å². The minimum Gasteiger partial charge on any atom is -0.454 e. The lowest BCUT2D eigenvalue weighted by molar-refractivity contribution is 0.174. The molecule has 5 heteroatoms. The molecule has 0 N–H and O–H groups in total. The standard InChI is InChI=1S/C10H9N3O2/c1-7(12-13-11)4-8-2-3-9-10(5-8)15-6-14-9/h2-3,5H,1,4,6H2. The molecule has 0 aromatic heterocycles. The zero-order valence-corrected chi connectivity index (χ0v) is 8.01. The van der Waals surface area contributed by atoms with E-state index in [1.165, 1.54) is 0 Å². The van der Waals surface area contributed by atoms with Crippen molar-refractivity contribution in [3.8, 4) is 11.5 Å². The van der Waals surface area contributed by atoms with Crippen LogP contribution >= 0.6 is 0 Å². The molecule has 76 valence electrons. The second-order valence-corrected chi connectivity index (χ2v) is 3.12. The average molecular weight is 203 g/mol. The number of benzene rings is 1. The van der Waals surface area contributed by atoms with Crippen molar-refractivity contribution in [3.63, 3.8) is 0 Å². The monoisotopic (exact) mass is 203 g/mol. The van der Waals surface area contributed by atoms with Gasteiger partial charge in [0.15, 0.2) is 11.5 Å². The number of allylic oxidation sites excluding steroid dienone is 1. The summed E-state index contributed by atoms with van der Waals surface area (Å²) in [5, 5.41) is 3.43. The van der Waals surface area contributed by atoms with E-state index >= 15 is 0 Å². The van der Waals surface area contributed by atoms with Crippen LogP contribution in [0.3, 0.4) is 0 Å².